The van der Waals surface area contributed by atoms with Crippen LogP contribution >= 0.6 is 0 Å². The highest BCUT2D eigenvalue weighted by molar-refractivity contribution is 5.78. The number of nitrogens with one attached hydrogen (secondary N) is 1. The van der Waals surface area contributed by atoms with E-state index in [0.29, 0.717) is 5.82 Å². The van der Waals surface area contributed by atoms with Crippen molar-refractivity contribution in [1.29, 1.82) is 0 Å². The fourth-order valence-corrected chi connectivity index (χ4v) is 2.63. The molecule has 0 aliphatic heterocycles. The van der Waals surface area contributed by atoms with Crippen LogP contribution in [0.4, 0.5) is 0 Å². The zero-order valence-electron chi connectivity index (χ0n) is 15.1. The zero-order chi connectivity index (χ0) is 19.9. The molecule has 144 valence electrons. The minimum atomic E-state index is -0.987. The predicted octanol–water partition coefficient (Wildman–Crippen LogP) is 2.04. The number of aliphatic carboxylic acids is 1. The Balaban J connectivity index is 1.62. The summed E-state index contributed by atoms with van der Waals surface area (Å²) in [6, 6.07) is 10.0. The van der Waals surface area contributed by atoms with E-state index < -0.39 is 17.9 Å². The van der Waals surface area contributed by atoms with Crippen LogP contribution in [0.15, 0.2) is 53.3 Å². The maximum absolute atomic E-state index is 12.4. The van der Waals surface area contributed by atoms with Gasteiger partial charge < -0.3 is 14.9 Å². The van der Waals surface area contributed by atoms with E-state index in [1.807, 2.05) is 6.07 Å². The van der Waals surface area contributed by atoms with Crippen LogP contribution in [0.25, 0.3) is 11.6 Å². The third-order valence-electron chi connectivity index (χ3n) is 4.16. The van der Waals surface area contributed by atoms with Gasteiger partial charge in [-0.25, -0.2) is 9.97 Å². The van der Waals surface area contributed by atoms with Gasteiger partial charge in [-0.1, -0.05) is 35.5 Å². The Morgan fingerprint density at radius 3 is 2.50 bits per heavy atom. The van der Waals surface area contributed by atoms with Gasteiger partial charge in [0.15, 0.2) is 0 Å². The largest absolute Gasteiger partial charge is 0.481 e. The SMILES string of the molecule is CC(C(=O)O)C(NC(=O)CCc1nc(-c2ncccn2)no1)c1ccccc1. The molecule has 2 aromatic heterocycles. The maximum atomic E-state index is 12.4. The molecule has 28 heavy (non-hydrogen) atoms. The van der Waals surface area contributed by atoms with Gasteiger partial charge in [-0.15, -0.1) is 0 Å². The van der Waals surface area contributed by atoms with Crippen molar-refractivity contribution in [1.82, 2.24) is 25.4 Å². The summed E-state index contributed by atoms with van der Waals surface area (Å²) in [4.78, 5) is 36.0. The predicted molar refractivity (Wildman–Crippen MR) is 97.8 cm³/mol. The summed E-state index contributed by atoms with van der Waals surface area (Å²) in [5.74, 6) is -1.22. The monoisotopic (exact) mass is 381 g/mol. The number of carbonyl (C=O) groups excluding carboxylic acids is 1. The first kappa shape index (κ1) is 19.2. The first-order chi connectivity index (χ1) is 13.5. The number of carboxylic acid groups (broad SMARTS) is 1. The van der Waals surface area contributed by atoms with E-state index in [4.69, 9.17) is 4.52 Å². The Morgan fingerprint density at radius 2 is 1.82 bits per heavy atom. The molecule has 0 bridgehead atoms. The summed E-state index contributed by atoms with van der Waals surface area (Å²) in [6.07, 6.45) is 3.43. The summed E-state index contributed by atoms with van der Waals surface area (Å²) >= 11 is 0. The number of hydrogen-bond acceptors (Lipinski definition) is 7. The molecule has 1 amide bonds. The van der Waals surface area contributed by atoms with Crippen LogP contribution < -0.4 is 5.32 Å². The maximum Gasteiger partial charge on any atom is 0.308 e. The second kappa shape index (κ2) is 8.85. The van der Waals surface area contributed by atoms with Crippen LogP contribution in [-0.2, 0) is 16.0 Å². The van der Waals surface area contributed by atoms with Crippen molar-refractivity contribution in [3.8, 4) is 11.6 Å². The molecule has 9 nitrogen and oxygen atoms in total. The molecule has 0 fully saturated rings. The minimum absolute atomic E-state index is 0.0763. The summed E-state index contributed by atoms with van der Waals surface area (Å²) in [5.41, 5.74) is 0.729. The van der Waals surface area contributed by atoms with Gasteiger partial charge in [0.1, 0.15) is 0 Å². The quantitative estimate of drug-likeness (QED) is 0.606. The Bertz CT molecular complexity index is 930. The highest BCUT2D eigenvalue weighted by Gasteiger charge is 2.26. The highest BCUT2D eigenvalue weighted by atomic mass is 16.5. The van der Waals surface area contributed by atoms with Crippen LogP contribution in [-0.4, -0.2) is 37.1 Å². The number of aromatic nitrogens is 4. The third-order valence-corrected chi connectivity index (χ3v) is 4.16. The average molecular weight is 381 g/mol. The topological polar surface area (TPSA) is 131 Å². The lowest BCUT2D eigenvalue weighted by Gasteiger charge is -2.22. The van der Waals surface area contributed by atoms with Gasteiger partial charge >= 0.3 is 5.97 Å². The number of hydrogen-bond donors (Lipinski definition) is 2. The molecular formula is C19H19N5O4. The van der Waals surface area contributed by atoms with E-state index in [-0.39, 0.29) is 30.5 Å². The Kier molecular flexibility index (Phi) is 6.05. The van der Waals surface area contributed by atoms with Gasteiger partial charge in [0, 0.05) is 25.2 Å². The van der Waals surface area contributed by atoms with Gasteiger partial charge in [-0.2, -0.15) is 4.98 Å². The molecule has 2 heterocycles. The van der Waals surface area contributed by atoms with Crippen LogP contribution in [0, 0.1) is 5.92 Å². The number of carbonyl (C=O) groups is 2. The van der Waals surface area contributed by atoms with Crippen LogP contribution in [0.2, 0.25) is 0 Å². The average Bonchev–Trinajstić information content (AvgIpc) is 3.20. The molecule has 9 heteroatoms. The van der Waals surface area contributed by atoms with Crippen molar-refractivity contribution in [3.05, 3.63) is 60.2 Å². The summed E-state index contributed by atoms with van der Waals surface area (Å²) in [7, 11) is 0. The van der Waals surface area contributed by atoms with E-state index in [0.717, 1.165) is 5.56 Å². The lowest BCUT2D eigenvalue weighted by atomic mass is 9.94. The first-order valence-corrected chi connectivity index (χ1v) is 8.71. The second-order valence-corrected chi connectivity index (χ2v) is 6.17. The van der Waals surface area contributed by atoms with Crippen molar-refractivity contribution in [3.63, 3.8) is 0 Å². The number of aryl methyl sites for hydroxylation is 1. The number of rotatable bonds is 8. The Hall–Kier alpha value is -3.62. The van der Waals surface area contributed by atoms with E-state index in [9.17, 15) is 14.7 Å². The molecule has 2 N–H and O–H groups in total. The number of amides is 1. The van der Waals surface area contributed by atoms with Gasteiger partial charge in [-0.3, -0.25) is 9.59 Å². The zero-order valence-corrected chi connectivity index (χ0v) is 15.1. The molecule has 3 aromatic rings. The lowest BCUT2D eigenvalue weighted by Crippen LogP contribution is -2.35. The molecule has 0 aliphatic rings. The molecule has 2 atom stereocenters. The van der Waals surface area contributed by atoms with Gasteiger partial charge in [-0.05, 0) is 18.6 Å². The van der Waals surface area contributed by atoms with Crippen molar-refractivity contribution in [2.75, 3.05) is 0 Å². The van der Waals surface area contributed by atoms with E-state index in [1.165, 1.54) is 0 Å². The molecule has 0 radical (unpaired) electrons. The fourth-order valence-electron chi connectivity index (χ4n) is 2.63. The number of nitrogens with zero attached hydrogens (tertiary/aromatic N) is 4. The molecule has 0 saturated heterocycles. The normalized spacial score (nSPS) is 12.9. The number of carboxylic acids is 1. The molecular weight excluding hydrogens is 362 g/mol. The summed E-state index contributed by atoms with van der Waals surface area (Å²) in [5, 5.41) is 15.9. The second-order valence-electron chi connectivity index (χ2n) is 6.17. The standard InChI is InChI=1S/C19H19N5O4/c1-12(19(26)27)16(13-6-3-2-4-7-13)22-14(25)8-9-15-23-18(24-28-15)17-20-10-5-11-21-17/h2-7,10-12,16H,8-9H2,1H3,(H,22,25)(H,26,27). The van der Waals surface area contributed by atoms with E-state index >= 15 is 0 Å². The first-order valence-electron chi connectivity index (χ1n) is 8.71. The lowest BCUT2D eigenvalue weighted by molar-refractivity contribution is -0.142. The molecule has 2 unspecified atom stereocenters. The van der Waals surface area contributed by atoms with E-state index in [1.54, 1.807) is 49.6 Å². The Morgan fingerprint density at radius 1 is 1.11 bits per heavy atom. The number of benzene rings is 1. The van der Waals surface area contributed by atoms with Gasteiger partial charge in [0.25, 0.3) is 0 Å². The van der Waals surface area contributed by atoms with Crippen molar-refractivity contribution in [2.45, 2.75) is 25.8 Å². The molecule has 3 rings (SSSR count). The highest BCUT2D eigenvalue weighted by Crippen LogP contribution is 2.22. The summed E-state index contributed by atoms with van der Waals surface area (Å²) < 4.78 is 5.13. The Labute approximate surface area is 160 Å². The van der Waals surface area contributed by atoms with Crippen LogP contribution in [0.5, 0.6) is 0 Å². The molecule has 0 spiro atoms. The fraction of sp³-hybridized carbons (Fsp3) is 0.263. The van der Waals surface area contributed by atoms with Crippen molar-refractivity contribution >= 4 is 11.9 Å². The smallest absolute Gasteiger partial charge is 0.308 e. The van der Waals surface area contributed by atoms with Gasteiger partial charge in [0.2, 0.25) is 23.4 Å². The van der Waals surface area contributed by atoms with Crippen LogP contribution in [0.1, 0.15) is 30.8 Å². The summed E-state index contributed by atoms with van der Waals surface area (Å²) in [6.45, 7) is 1.56. The minimum Gasteiger partial charge on any atom is -0.481 e. The van der Waals surface area contributed by atoms with Crippen LogP contribution in [0.3, 0.4) is 0 Å². The molecule has 0 aliphatic carbocycles. The molecule has 1 aromatic carbocycles. The van der Waals surface area contributed by atoms with Crippen molar-refractivity contribution in [2.24, 2.45) is 5.92 Å². The molecule has 0 saturated carbocycles. The third kappa shape index (κ3) is 4.76. The van der Waals surface area contributed by atoms with E-state index in [2.05, 4.69) is 25.4 Å². The van der Waals surface area contributed by atoms with Crippen molar-refractivity contribution < 1.29 is 19.2 Å². The van der Waals surface area contributed by atoms with Gasteiger partial charge in [0.05, 0.1) is 12.0 Å².